The molecule has 7 heteroatoms. The Kier molecular flexibility index (Phi) is 10.7. The zero-order chi connectivity index (χ0) is 16.7. The minimum absolute atomic E-state index is 1.15. The SMILES string of the molecule is Brc1cc(Sc2ccc(SCCI)c(Br)c2)ccc1SCCI. The summed E-state index contributed by atoms with van der Waals surface area (Å²) in [5.74, 6) is 2.30. The molecule has 0 fully saturated rings. The van der Waals surface area contributed by atoms with Crippen molar-refractivity contribution in [1.29, 1.82) is 0 Å². The maximum Gasteiger partial charge on any atom is 0.0322 e. The van der Waals surface area contributed by atoms with Gasteiger partial charge in [-0.15, -0.1) is 23.5 Å². The molecule has 0 aliphatic heterocycles. The Hall–Kier alpha value is 1.91. The molecule has 0 nitrogen and oxygen atoms in total. The van der Waals surface area contributed by atoms with Crippen LogP contribution in [0.15, 0.2) is 64.9 Å². The van der Waals surface area contributed by atoms with Crippen LogP contribution in [0.2, 0.25) is 0 Å². The summed E-state index contributed by atoms with van der Waals surface area (Å²) >= 11 is 17.8. The molecule has 0 unspecified atom stereocenters. The molecule has 0 atom stereocenters. The third kappa shape index (κ3) is 7.21. The van der Waals surface area contributed by atoms with Gasteiger partial charge >= 0.3 is 0 Å². The van der Waals surface area contributed by atoms with Gasteiger partial charge in [0.1, 0.15) is 0 Å². The van der Waals surface area contributed by atoms with Crippen LogP contribution < -0.4 is 0 Å². The molecule has 0 aliphatic rings. The van der Waals surface area contributed by atoms with Crippen LogP contribution >= 0.6 is 112 Å². The fourth-order valence-electron chi connectivity index (χ4n) is 1.76. The van der Waals surface area contributed by atoms with Gasteiger partial charge in [0, 0.05) is 48.9 Å². The van der Waals surface area contributed by atoms with Gasteiger partial charge in [0.25, 0.3) is 0 Å². The lowest BCUT2D eigenvalue weighted by atomic mass is 10.4. The van der Waals surface area contributed by atoms with Gasteiger partial charge in [-0.05, 0) is 68.3 Å². The molecular formula is C16H14Br2I2S3. The number of benzene rings is 2. The highest BCUT2D eigenvalue weighted by molar-refractivity contribution is 14.1. The van der Waals surface area contributed by atoms with Crippen molar-refractivity contribution in [1.82, 2.24) is 0 Å². The first kappa shape index (κ1) is 21.2. The van der Waals surface area contributed by atoms with E-state index in [1.54, 1.807) is 11.8 Å². The highest BCUT2D eigenvalue weighted by Crippen LogP contribution is 2.37. The molecule has 0 amide bonds. The maximum absolute atomic E-state index is 3.70. The van der Waals surface area contributed by atoms with Crippen LogP contribution in [0.5, 0.6) is 0 Å². The Balaban J connectivity index is 2.07. The second kappa shape index (κ2) is 11.6. The number of hydrogen-bond donors (Lipinski definition) is 0. The first-order valence-electron chi connectivity index (χ1n) is 6.78. The molecule has 0 aliphatic carbocycles. The molecule has 0 saturated carbocycles. The van der Waals surface area contributed by atoms with Crippen molar-refractivity contribution in [2.45, 2.75) is 19.6 Å². The van der Waals surface area contributed by atoms with E-state index in [1.807, 2.05) is 23.5 Å². The molecule has 0 heterocycles. The zero-order valence-electron chi connectivity index (χ0n) is 12.0. The van der Waals surface area contributed by atoms with Gasteiger partial charge in [-0.25, -0.2) is 0 Å². The quantitative estimate of drug-likeness (QED) is 0.153. The molecule has 2 aromatic rings. The van der Waals surface area contributed by atoms with E-state index in [0.717, 1.165) is 11.5 Å². The van der Waals surface area contributed by atoms with E-state index in [9.17, 15) is 0 Å². The summed E-state index contributed by atoms with van der Waals surface area (Å²) in [5, 5.41) is 0. The largest absolute Gasteiger partial charge is 0.124 e. The molecule has 0 N–H and O–H groups in total. The van der Waals surface area contributed by atoms with E-state index in [1.165, 1.54) is 37.4 Å². The van der Waals surface area contributed by atoms with E-state index in [2.05, 4.69) is 113 Å². The van der Waals surface area contributed by atoms with E-state index in [-0.39, 0.29) is 0 Å². The number of halogens is 4. The minimum atomic E-state index is 1.15. The molecule has 23 heavy (non-hydrogen) atoms. The average Bonchev–Trinajstić information content (AvgIpc) is 2.53. The van der Waals surface area contributed by atoms with Gasteiger partial charge in [-0.1, -0.05) is 56.9 Å². The van der Waals surface area contributed by atoms with Crippen molar-refractivity contribution in [2.75, 3.05) is 20.4 Å². The molecule has 2 rings (SSSR count). The first-order chi connectivity index (χ1) is 11.1. The van der Waals surface area contributed by atoms with Crippen molar-refractivity contribution in [3.63, 3.8) is 0 Å². The Morgan fingerprint density at radius 3 is 1.52 bits per heavy atom. The lowest BCUT2D eigenvalue weighted by molar-refractivity contribution is 1.28. The van der Waals surface area contributed by atoms with Gasteiger partial charge in [0.2, 0.25) is 0 Å². The summed E-state index contributed by atoms with van der Waals surface area (Å²) in [6, 6.07) is 13.3. The normalized spacial score (nSPS) is 11.0. The van der Waals surface area contributed by atoms with Crippen molar-refractivity contribution < 1.29 is 0 Å². The van der Waals surface area contributed by atoms with Gasteiger partial charge in [-0.2, -0.15) is 0 Å². The maximum atomic E-state index is 3.70. The number of alkyl halides is 2. The van der Waals surface area contributed by atoms with Crippen molar-refractivity contribution >= 4 is 112 Å². The Morgan fingerprint density at radius 1 is 0.739 bits per heavy atom. The van der Waals surface area contributed by atoms with Gasteiger partial charge < -0.3 is 0 Å². The standard InChI is InChI=1S/C16H14Br2I2S3/c17-13-9-11(1-3-15(13)21-7-5-19)23-12-2-4-16(14(18)10-12)22-8-6-20/h1-4,9-10H,5-8H2. The van der Waals surface area contributed by atoms with E-state index in [0.29, 0.717) is 0 Å². The topological polar surface area (TPSA) is 0 Å². The lowest BCUT2D eigenvalue weighted by Crippen LogP contribution is -1.83. The molecular weight excluding hydrogens is 702 g/mol. The molecule has 2 aromatic carbocycles. The van der Waals surface area contributed by atoms with E-state index < -0.39 is 0 Å². The molecule has 0 radical (unpaired) electrons. The molecule has 0 aromatic heterocycles. The van der Waals surface area contributed by atoms with Gasteiger partial charge in [0.15, 0.2) is 0 Å². The van der Waals surface area contributed by atoms with Crippen LogP contribution in [0.1, 0.15) is 0 Å². The predicted molar refractivity (Wildman–Crippen MR) is 132 cm³/mol. The number of rotatable bonds is 8. The summed E-state index contributed by atoms with van der Waals surface area (Å²) in [4.78, 5) is 5.15. The predicted octanol–water partition coefficient (Wildman–Crippen LogP) is 8.42. The summed E-state index contributed by atoms with van der Waals surface area (Å²) in [6.07, 6.45) is 0. The highest BCUT2D eigenvalue weighted by Gasteiger charge is 2.06. The van der Waals surface area contributed by atoms with Gasteiger partial charge in [-0.3, -0.25) is 0 Å². The smallest absolute Gasteiger partial charge is 0.0322 e. The second-order valence-corrected chi connectivity index (χ2v) is 11.6. The van der Waals surface area contributed by atoms with Crippen LogP contribution in [0, 0.1) is 0 Å². The Morgan fingerprint density at radius 2 is 1.17 bits per heavy atom. The Labute approximate surface area is 195 Å². The van der Waals surface area contributed by atoms with Gasteiger partial charge in [0.05, 0.1) is 0 Å². The van der Waals surface area contributed by atoms with Crippen molar-refractivity contribution in [3.05, 3.63) is 45.3 Å². The summed E-state index contributed by atoms with van der Waals surface area (Å²) in [6.45, 7) is 0. The van der Waals surface area contributed by atoms with Crippen LogP contribution in [0.3, 0.4) is 0 Å². The van der Waals surface area contributed by atoms with Crippen LogP contribution in [0.25, 0.3) is 0 Å². The summed E-state index contributed by atoms with van der Waals surface area (Å²) in [7, 11) is 0. The molecule has 0 saturated heterocycles. The van der Waals surface area contributed by atoms with Crippen molar-refractivity contribution in [2.24, 2.45) is 0 Å². The fraction of sp³-hybridized carbons (Fsp3) is 0.250. The van der Waals surface area contributed by atoms with E-state index in [4.69, 9.17) is 0 Å². The number of hydrogen-bond acceptors (Lipinski definition) is 3. The Bertz CT molecular complexity index is 598. The monoisotopic (exact) mass is 714 g/mol. The molecule has 0 bridgehead atoms. The second-order valence-electron chi connectivity index (χ2n) is 4.36. The van der Waals surface area contributed by atoms with Crippen molar-refractivity contribution in [3.8, 4) is 0 Å². The first-order valence-corrected chi connectivity index (χ1v) is 14.2. The van der Waals surface area contributed by atoms with Crippen LogP contribution in [-0.2, 0) is 0 Å². The zero-order valence-corrected chi connectivity index (χ0v) is 22.0. The third-order valence-electron chi connectivity index (χ3n) is 2.71. The average molecular weight is 716 g/mol. The van der Waals surface area contributed by atoms with Crippen LogP contribution in [0.4, 0.5) is 0 Å². The minimum Gasteiger partial charge on any atom is -0.124 e. The summed E-state index contributed by atoms with van der Waals surface area (Å²) < 4.78 is 4.71. The summed E-state index contributed by atoms with van der Waals surface area (Å²) in [5.41, 5.74) is 0. The fourth-order valence-corrected chi connectivity index (χ4v) is 7.04. The molecule has 124 valence electrons. The number of thioether (sulfide) groups is 2. The molecule has 0 spiro atoms. The third-order valence-corrected chi connectivity index (χ3v) is 10.2. The van der Waals surface area contributed by atoms with Crippen LogP contribution in [-0.4, -0.2) is 20.4 Å². The highest BCUT2D eigenvalue weighted by atomic mass is 127. The van der Waals surface area contributed by atoms with E-state index >= 15 is 0 Å². The lowest BCUT2D eigenvalue weighted by Gasteiger charge is -2.08.